The Bertz CT molecular complexity index is 460. The minimum Gasteiger partial charge on any atom is -0.492 e. The molecule has 19 heavy (non-hydrogen) atoms. The summed E-state index contributed by atoms with van der Waals surface area (Å²) in [5.41, 5.74) is 6.18. The number of rotatable bonds is 6. The Hall–Kier alpha value is -1.07. The maximum absolute atomic E-state index is 11.1. The molecule has 0 spiro atoms. The van der Waals surface area contributed by atoms with Crippen LogP contribution in [0.2, 0.25) is 0 Å². The fraction of sp³-hybridized carbons (Fsp3) is 0.500. The number of ether oxygens (including phenoxy) is 1. The number of halogens is 1. The summed E-state index contributed by atoms with van der Waals surface area (Å²) in [6.45, 7) is 0.821. The van der Waals surface area contributed by atoms with Crippen LogP contribution >= 0.6 is 15.9 Å². The molecule has 1 unspecified atom stereocenters. The molecular formula is C14H18BrNO3. The van der Waals surface area contributed by atoms with Crippen LogP contribution < -0.4 is 10.5 Å². The molecule has 3 N–H and O–H groups in total. The molecule has 0 heterocycles. The molecule has 4 nitrogen and oxygen atoms in total. The Balaban J connectivity index is 2.04. The molecule has 1 aromatic rings. The van der Waals surface area contributed by atoms with Gasteiger partial charge in [-0.25, -0.2) is 0 Å². The second-order valence-corrected chi connectivity index (χ2v) is 5.78. The van der Waals surface area contributed by atoms with E-state index in [-0.39, 0.29) is 6.54 Å². The standard InChI is InChI=1S/C14H18BrNO3/c15-12-6-10(11(7-16)14(17)18)4-5-13(12)19-8-9-2-1-3-9/h4-6,9,11H,1-3,7-8,16H2,(H,17,18). The van der Waals surface area contributed by atoms with Gasteiger partial charge in [0, 0.05) is 6.54 Å². The molecule has 1 fully saturated rings. The van der Waals surface area contributed by atoms with E-state index < -0.39 is 11.9 Å². The SMILES string of the molecule is NCC(C(=O)O)c1ccc(OCC2CCC2)c(Br)c1. The molecule has 1 saturated carbocycles. The van der Waals surface area contributed by atoms with Gasteiger partial charge in [0.05, 0.1) is 17.0 Å². The summed E-state index contributed by atoms with van der Waals surface area (Å²) in [6.07, 6.45) is 3.78. The second kappa shape index (κ2) is 6.39. The first-order valence-corrected chi connectivity index (χ1v) is 7.26. The van der Waals surface area contributed by atoms with E-state index in [4.69, 9.17) is 15.6 Å². The molecular weight excluding hydrogens is 310 g/mol. The number of carbonyl (C=O) groups is 1. The maximum Gasteiger partial charge on any atom is 0.312 e. The highest BCUT2D eigenvalue weighted by molar-refractivity contribution is 9.10. The van der Waals surface area contributed by atoms with Gasteiger partial charge < -0.3 is 15.6 Å². The minimum absolute atomic E-state index is 0.0874. The molecule has 2 rings (SSSR count). The van der Waals surface area contributed by atoms with Crippen molar-refractivity contribution in [2.75, 3.05) is 13.2 Å². The zero-order valence-corrected chi connectivity index (χ0v) is 12.2. The highest BCUT2D eigenvalue weighted by Gasteiger charge is 2.20. The molecule has 104 valence electrons. The topological polar surface area (TPSA) is 72.6 Å². The molecule has 0 aromatic heterocycles. The summed E-state index contributed by atoms with van der Waals surface area (Å²) in [7, 11) is 0. The van der Waals surface area contributed by atoms with Crippen LogP contribution in [0.4, 0.5) is 0 Å². The Kier molecular flexibility index (Phi) is 4.82. The van der Waals surface area contributed by atoms with Gasteiger partial charge in [0.2, 0.25) is 0 Å². The molecule has 0 saturated heterocycles. The highest BCUT2D eigenvalue weighted by Crippen LogP contribution is 2.32. The average Bonchev–Trinajstić information content (AvgIpc) is 2.30. The normalized spacial score (nSPS) is 16.7. The number of benzene rings is 1. The highest BCUT2D eigenvalue weighted by atomic mass is 79.9. The molecule has 0 radical (unpaired) electrons. The summed E-state index contributed by atoms with van der Waals surface area (Å²) in [4.78, 5) is 11.1. The van der Waals surface area contributed by atoms with Gasteiger partial charge >= 0.3 is 5.97 Å². The van der Waals surface area contributed by atoms with Crippen molar-refractivity contribution in [3.63, 3.8) is 0 Å². The van der Waals surface area contributed by atoms with Crippen LogP contribution in [-0.4, -0.2) is 24.2 Å². The quantitative estimate of drug-likeness (QED) is 0.842. The van der Waals surface area contributed by atoms with E-state index >= 15 is 0 Å². The molecule has 0 aliphatic heterocycles. The molecule has 0 amide bonds. The first kappa shape index (κ1) is 14.3. The smallest absolute Gasteiger partial charge is 0.312 e. The fourth-order valence-electron chi connectivity index (χ4n) is 2.10. The van der Waals surface area contributed by atoms with E-state index in [9.17, 15) is 4.79 Å². The Morgan fingerprint density at radius 2 is 2.26 bits per heavy atom. The van der Waals surface area contributed by atoms with Crippen molar-refractivity contribution in [3.8, 4) is 5.75 Å². The third kappa shape index (κ3) is 3.48. The average molecular weight is 328 g/mol. The van der Waals surface area contributed by atoms with Gasteiger partial charge in [-0.15, -0.1) is 0 Å². The molecule has 0 bridgehead atoms. The first-order chi connectivity index (χ1) is 9.11. The summed E-state index contributed by atoms with van der Waals surface area (Å²) in [5.74, 6) is -0.145. The van der Waals surface area contributed by atoms with E-state index in [0.29, 0.717) is 11.5 Å². The molecule has 5 heteroatoms. The van der Waals surface area contributed by atoms with Crippen LogP contribution in [0.1, 0.15) is 30.7 Å². The van der Waals surface area contributed by atoms with Crippen molar-refractivity contribution in [1.29, 1.82) is 0 Å². The summed E-state index contributed by atoms with van der Waals surface area (Å²) >= 11 is 3.43. The Labute approximate surface area is 121 Å². The molecule has 1 aliphatic carbocycles. The lowest BCUT2D eigenvalue weighted by molar-refractivity contribution is -0.138. The van der Waals surface area contributed by atoms with Crippen LogP contribution in [0.25, 0.3) is 0 Å². The van der Waals surface area contributed by atoms with Crippen LogP contribution in [-0.2, 0) is 4.79 Å². The fourth-order valence-corrected chi connectivity index (χ4v) is 2.61. The lowest BCUT2D eigenvalue weighted by Crippen LogP contribution is -2.21. The zero-order chi connectivity index (χ0) is 13.8. The third-order valence-corrected chi connectivity index (χ3v) is 4.21. The Morgan fingerprint density at radius 3 is 2.74 bits per heavy atom. The lowest BCUT2D eigenvalue weighted by Gasteiger charge is -2.25. The number of aliphatic carboxylic acids is 1. The van der Waals surface area contributed by atoms with Crippen molar-refractivity contribution in [2.24, 2.45) is 11.7 Å². The van der Waals surface area contributed by atoms with Crippen LogP contribution in [0.3, 0.4) is 0 Å². The maximum atomic E-state index is 11.1. The van der Waals surface area contributed by atoms with Crippen molar-refractivity contribution >= 4 is 21.9 Å². The minimum atomic E-state index is -0.905. The second-order valence-electron chi connectivity index (χ2n) is 4.92. The largest absolute Gasteiger partial charge is 0.492 e. The number of carboxylic acid groups (broad SMARTS) is 1. The van der Waals surface area contributed by atoms with E-state index in [1.807, 2.05) is 6.07 Å². The van der Waals surface area contributed by atoms with Crippen LogP contribution in [0.15, 0.2) is 22.7 Å². The van der Waals surface area contributed by atoms with Crippen molar-refractivity contribution < 1.29 is 14.6 Å². The van der Waals surface area contributed by atoms with Crippen LogP contribution in [0.5, 0.6) is 5.75 Å². The van der Waals surface area contributed by atoms with Gasteiger partial charge in [0.25, 0.3) is 0 Å². The van der Waals surface area contributed by atoms with Crippen LogP contribution in [0, 0.1) is 5.92 Å². The molecule has 1 atom stereocenters. The van der Waals surface area contributed by atoms with Gasteiger partial charge in [0.1, 0.15) is 5.75 Å². The number of hydrogen-bond donors (Lipinski definition) is 2. The van der Waals surface area contributed by atoms with Gasteiger partial charge in [-0.3, -0.25) is 4.79 Å². The van der Waals surface area contributed by atoms with Gasteiger partial charge in [-0.2, -0.15) is 0 Å². The number of hydrogen-bond acceptors (Lipinski definition) is 3. The van der Waals surface area contributed by atoms with E-state index in [2.05, 4.69) is 15.9 Å². The van der Waals surface area contributed by atoms with Crippen molar-refractivity contribution in [1.82, 2.24) is 0 Å². The van der Waals surface area contributed by atoms with Crippen molar-refractivity contribution in [3.05, 3.63) is 28.2 Å². The van der Waals surface area contributed by atoms with Crippen molar-refractivity contribution in [2.45, 2.75) is 25.2 Å². The van der Waals surface area contributed by atoms with Gasteiger partial charge in [-0.05, 0) is 52.4 Å². The first-order valence-electron chi connectivity index (χ1n) is 6.47. The third-order valence-electron chi connectivity index (χ3n) is 3.59. The lowest BCUT2D eigenvalue weighted by atomic mass is 9.86. The predicted octanol–water partition coefficient (Wildman–Crippen LogP) is 2.75. The van der Waals surface area contributed by atoms with Gasteiger partial charge in [-0.1, -0.05) is 12.5 Å². The summed E-state index contributed by atoms with van der Waals surface area (Å²) in [5, 5.41) is 9.08. The van der Waals surface area contributed by atoms with E-state index in [1.165, 1.54) is 19.3 Å². The Morgan fingerprint density at radius 1 is 1.53 bits per heavy atom. The zero-order valence-electron chi connectivity index (χ0n) is 10.6. The molecule has 1 aromatic carbocycles. The van der Waals surface area contributed by atoms with E-state index in [1.54, 1.807) is 12.1 Å². The van der Waals surface area contributed by atoms with E-state index in [0.717, 1.165) is 16.8 Å². The molecule has 1 aliphatic rings. The predicted molar refractivity (Wildman–Crippen MR) is 76.4 cm³/mol. The summed E-state index contributed by atoms with van der Waals surface area (Å²) < 4.78 is 6.53. The number of carboxylic acids is 1. The van der Waals surface area contributed by atoms with Gasteiger partial charge in [0.15, 0.2) is 0 Å². The number of nitrogens with two attached hydrogens (primary N) is 1. The monoisotopic (exact) mass is 327 g/mol. The summed E-state index contributed by atoms with van der Waals surface area (Å²) in [6, 6.07) is 5.36.